The van der Waals surface area contributed by atoms with Crippen molar-refractivity contribution >= 4 is 17.3 Å². The predicted molar refractivity (Wildman–Crippen MR) is 80.1 cm³/mol. The number of hydrogen-bond acceptors (Lipinski definition) is 6. The van der Waals surface area contributed by atoms with Crippen molar-refractivity contribution < 1.29 is 15.2 Å². The van der Waals surface area contributed by atoms with Gasteiger partial charge >= 0.3 is 0 Å². The summed E-state index contributed by atoms with van der Waals surface area (Å²) in [5, 5.41) is 26.7. The highest BCUT2D eigenvalue weighted by atomic mass is 16.4. The molecule has 1 aromatic heterocycles. The first-order valence-corrected chi connectivity index (χ1v) is 6.43. The topological polar surface area (TPSA) is 107 Å². The number of carbonyl (C=O) groups excluding carboxylic acids is 1. The number of nitrogens with one attached hydrogen (secondary N) is 1. The van der Waals surface area contributed by atoms with Crippen molar-refractivity contribution in [3.63, 3.8) is 0 Å². The van der Waals surface area contributed by atoms with E-state index in [1.54, 1.807) is 12.1 Å². The van der Waals surface area contributed by atoms with Crippen LogP contribution in [0.5, 0.6) is 0 Å². The van der Waals surface area contributed by atoms with E-state index in [1.807, 2.05) is 30.3 Å². The van der Waals surface area contributed by atoms with Crippen LogP contribution in [-0.2, 0) is 11.3 Å². The molecule has 0 bridgehead atoms. The first-order chi connectivity index (χ1) is 10.8. The fraction of sp³-hybridized carbons (Fsp3) is 0.0667. The van der Waals surface area contributed by atoms with Crippen molar-refractivity contribution in [1.29, 1.82) is 0 Å². The van der Waals surface area contributed by atoms with E-state index in [0.29, 0.717) is 5.56 Å². The van der Waals surface area contributed by atoms with Gasteiger partial charge in [0.05, 0.1) is 0 Å². The highest BCUT2D eigenvalue weighted by molar-refractivity contribution is 6.69. The Morgan fingerprint density at radius 3 is 2.45 bits per heavy atom. The average molecular weight is 298 g/mol. The second-order valence-corrected chi connectivity index (χ2v) is 4.31. The van der Waals surface area contributed by atoms with Gasteiger partial charge in [-0.2, -0.15) is 0 Å². The second kappa shape index (κ2) is 7.53. The van der Waals surface area contributed by atoms with E-state index in [1.165, 1.54) is 12.4 Å². The van der Waals surface area contributed by atoms with Gasteiger partial charge in [0, 0.05) is 24.5 Å². The molecule has 7 heteroatoms. The maximum atomic E-state index is 12.1. The molecule has 0 saturated carbocycles. The van der Waals surface area contributed by atoms with Crippen molar-refractivity contribution in [2.45, 2.75) is 6.54 Å². The summed E-state index contributed by atoms with van der Waals surface area (Å²) < 4.78 is 0. The molecule has 0 fully saturated rings. The molecule has 0 saturated heterocycles. The zero-order valence-electron chi connectivity index (χ0n) is 11.5. The van der Waals surface area contributed by atoms with E-state index >= 15 is 0 Å². The molecular weight excluding hydrogens is 284 g/mol. The lowest BCUT2D eigenvalue weighted by Gasteiger charge is -2.08. The summed E-state index contributed by atoms with van der Waals surface area (Å²) in [6, 6.07) is 12.4. The molecule has 2 aromatic rings. The Bertz CT molecular complexity index is 684. The lowest BCUT2D eigenvalue weighted by molar-refractivity contribution is -0.114. The summed E-state index contributed by atoms with van der Waals surface area (Å²) >= 11 is 0. The Morgan fingerprint density at radius 2 is 1.86 bits per heavy atom. The first kappa shape index (κ1) is 15.2. The van der Waals surface area contributed by atoms with Crippen molar-refractivity contribution in [2.75, 3.05) is 0 Å². The van der Waals surface area contributed by atoms with Crippen molar-refractivity contribution in [3.8, 4) is 0 Å². The minimum Gasteiger partial charge on any atom is -0.410 e. The Morgan fingerprint density at radius 1 is 1.09 bits per heavy atom. The molecule has 0 radical (unpaired) electrons. The third-order valence-electron chi connectivity index (χ3n) is 2.87. The maximum Gasteiger partial charge on any atom is 0.276 e. The fourth-order valence-corrected chi connectivity index (χ4v) is 1.81. The smallest absolute Gasteiger partial charge is 0.276 e. The maximum absolute atomic E-state index is 12.1. The summed E-state index contributed by atoms with van der Waals surface area (Å²) in [4.78, 5) is 16.0. The van der Waals surface area contributed by atoms with Gasteiger partial charge in [0.15, 0.2) is 5.71 Å². The summed E-state index contributed by atoms with van der Waals surface area (Å²) in [6.07, 6.45) is 2.93. The van der Waals surface area contributed by atoms with Crippen LogP contribution in [-0.4, -0.2) is 32.7 Å². The number of benzene rings is 1. The van der Waals surface area contributed by atoms with Gasteiger partial charge in [-0.3, -0.25) is 9.78 Å². The highest BCUT2D eigenvalue weighted by Gasteiger charge is 2.21. The van der Waals surface area contributed by atoms with Crippen LogP contribution in [0, 0.1) is 0 Å². The minimum atomic E-state index is -0.664. The molecule has 22 heavy (non-hydrogen) atoms. The molecule has 7 nitrogen and oxygen atoms in total. The lowest BCUT2D eigenvalue weighted by atomic mass is 10.1. The zero-order valence-corrected chi connectivity index (χ0v) is 11.5. The Labute approximate surface area is 126 Å². The van der Waals surface area contributed by atoms with Crippen LogP contribution < -0.4 is 5.32 Å². The second-order valence-electron chi connectivity index (χ2n) is 4.31. The van der Waals surface area contributed by atoms with Crippen LogP contribution in [0.1, 0.15) is 11.1 Å². The number of hydrogen-bond donors (Lipinski definition) is 3. The van der Waals surface area contributed by atoms with Gasteiger partial charge in [-0.25, -0.2) is 0 Å². The molecule has 0 aliphatic heterocycles. The van der Waals surface area contributed by atoms with E-state index in [9.17, 15) is 4.79 Å². The standard InChI is InChI=1S/C15H14N4O3/c20-15(17-9-11-5-2-1-3-6-11)14(19-22)13(18-21)12-7-4-8-16-10-12/h1-8,10,21-22H,9H2,(H,17,20). The van der Waals surface area contributed by atoms with E-state index in [0.717, 1.165) is 5.56 Å². The molecule has 0 atom stereocenters. The van der Waals surface area contributed by atoms with Gasteiger partial charge in [0.25, 0.3) is 5.91 Å². The molecule has 3 N–H and O–H groups in total. The number of rotatable bonds is 5. The minimum absolute atomic E-state index is 0.166. The van der Waals surface area contributed by atoms with Gasteiger partial charge in [0.1, 0.15) is 5.71 Å². The molecule has 1 heterocycles. The number of carbonyl (C=O) groups is 1. The molecule has 0 aliphatic carbocycles. The van der Waals surface area contributed by atoms with E-state index in [2.05, 4.69) is 20.6 Å². The van der Waals surface area contributed by atoms with Gasteiger partial charge < -0.3 is 15.7 Å². The van der Waals surface area contributed by atoms with Gasteiger partial charge in [-0.1, -0.05) is 40.6 Å². The Balaban J connectivity index is 2.12. The van der Waals surface area contributed by atoms with Gasteiger partial charge in [-0.05, 0) is 17.7 Å². The predicted octanol–water partition coefficient (Wildman–Crippen LogP) is 1.41. The molecule has 112 valence electrons. The van der Waals surface area contributed by atoms with Crippen molar-refractivity contribution in [1.82, 2.24) is 10.3 Å². The molecular formula is C15H14N4O3. The Kier molecular flexibility index (Phi) is 5.20. The molecule has 0 unspecified atom stereocenters. The lowest BCUT2D eigenvalue weighted by Crippen LogP contribution is -2.36. The number of aromatic nitrogens is 1. The van der Waals surface area contributed by atoms with Crippen LogP contribution in [0.15, 0.2) is 65.2 Å². The van der Waals surface area contributed by atoms with Gasteiger partial charge in [0.2, 0.25) is 0 Å². The molecule has 0 spiro atoms. The Hall–Kier alpha value is -3.22. The third-order valence-corrected chi connectivity index (χ3v) is 2.87. The molecule has 1 aromatic carbocycles. The van der Waals surface area contributed by atoms with Gasteiger partial charge in [-0.15, -0.1) is 0 Å². The highest BCUT2D eigenvalue weighted by Crippen LogP contribution is 2.03. The number of oxime groups is 2. The summed E-state index contributed by atoms with van der Waals surface area (Å²) in [5.41, 5.74) is 0.678. The van der Waals surface area contributed by atoms with E-state index < -0.39 is 11.6 Å². The first-order valence-electron chi connectivity index (χ1n) is 6.43. The number of amides is 1. The van der Waals surface area contributed by atoms with Crippen molar-refractivity contribution in [3.05, 3.63) is 66.0 Å². The van der Waals surface area contributed by atoms with Crippen molar-refractivity contribution in [2.24, 2.45) is 10.3 Å². The SMILES string of the molecule is O=C(NCc1ccccc1)C(=NO)C(=NO)c1cccnc1. The summed E-state index contributed by atoms with van der Waals surface area (Å²) in [6.45, 7) is 0.254. The number of pyridine rings is 1. The van der Waals surface area contributed by atoms with Crippen LogP contribution in [0.3, 0.4) is 0 Å². The van der Waals surface area contributed by atoms with E-state index in [-0.39, 0.29) is 12.3 Å². The van der Waals surface area contributed by atoms with Crippen LogP contribution in [0.25, 0.3) is 0 Å². The average Bonchev–Trinajstić information content (AvgIpc) is 2.59. The quantitative estimate of drug-likeness (QED) is 0.440. The van der Waals surface area contributed by atoms with E-state index in [4.69, 9.17) is 10.4 Å². The normalized spacial score (nSPS) is 12.0. The fourth-order valence-electron chi connectivity index (χ4n) is 1.81. The monoisotopic (exact) mass is 298 g/mol. The van der Waals surface area contributed by atoms with Crippen LogP contribution in [0.2, 0.25) is 0 Å². The third kappa shape index (κ3) is 3.66. The zero-order chi connectivity index (χ0) is 15.8. The molecule has 0 aliphatic rings. The summed E-state index contributed by atoms with van der Waals surface area (Å²) in [5.74, 6) is -0.664. The largest absolute Gasteiger partial charge is 0.410 e. The van der Waals surface area contributed by atoms with Crippen LogP contribution >= 0.6 is 0 Å². The number of nitrogens with zero attached hydrogens (tertiary/aromatic N) is 3. The molecule has 2 rings (SSSR count). The summed E-state index contributed by atoms with van der Waals surface area (Å²) in [7, 11) is 0. The molecule has 1 amide bonds. The van der Waals surface area contributed by atoms with Crippen LogP contribution in [0.4, 0.5) is 0 Å².